The lowest BCUT2D eigenvalue weighted by molar-refractivity contribution is -0.153. The molecule has 0 radical (unpaired) electrons. The molecule has 6 N–H and O–H groups in total. The number of aliphatic hydroxyl groups excluding tert-OH is 2. The summed E-state index contributed by atoms with van der Waals surface area (Å²) in [4.78, 5) is 42.7. The first kappa shape index (κ1) is 26.4. The summed E-state index contributed by atoms with van der Waals surface area (Å²) < 4.78 is 0. The number of aliphatic hydroxyl groups is 3. The molecule has 1 saturated carbocycles. The molecule has 0 unspecified atom stereocenters. The summed E-state index contributed by atoms with van der Waals surface area (Å²) in [7, 11) is 3.12. The van der Waals surface area contributed by atoms with E-state index in [0.29, 0.717) is 29.2 Å². The Labute approximate surface area is 224 Å². The van der Waals surface area contributed by atoms with Gasteiger partial charge in [-0.15, -0.1) is 0 Å². The van der Waals surface area contributed by atoms with E-state index in [-0.39, 0.29) is 29.7 Å². The first-order valence-electron chi connectivity index (χ1n) is 12.4. The highest BCUT2D eigenvalue weighted by atomic mass is 35.5. The lowest BCUT2D eigenvalue weighted by Crippen LogP contribution is -2.65. The fourth-order valence-corrected chi connectivity index (χ4v) is 6.82. The average molecular weight is 544 g/mol. The Bertz CT molecular complexity index is 1360. The molecule has 11 heteroatoms. The largest absolute Gasteiger partial charge is 0.508 e. The molecular formula is C27H30ClN3O7. The summed E-state index contributed by atoms with van der Waals surface area (Å²) in [6.07, 6.45) is 5.15. The van der Waals surface area contributed by atoms with Crippen molar-refractivity contribution in [2.24, 2.45) is 17.6 Å². The van der Waals surface area contributed by atoms with Gasteiger partial charge in [-0.05, 0) is 50.9 Å². The summed E-state index contributed by atoms with van der Waals surface area (Å²) in [6, 6.07) is 0.533. The van der Waals surface area contributed by atoms with Crippen LogP contribution in [0.15, 0.2) is 35.1 Å². The number of nitrogens with zero attached hydrogens (tertiary/aromatic N) is 2. The van der Waals surface area contributed by atoms with Crippen LogP contribution in [0.3, 0.4) is 0 Å². The Hall–Kier alpha value is -3.18. The minimum atomic E-state index is -2.66. The first-order chi connectivity index (χ1) is 17.9. The fraction of sp³-hybridized carbons (Fsp3) is 0.444. The minimum Gasteiger partial charge on any atom is -0.508 e. The first-order valence-corrected chi connectivity index (χ1v) is 12.8. The summed E-state index contributed by atoms with van der Waals surface area (Å²) in [6.45, 7) is 1.84. The number of Topliss-reactive ketones (excluding diaryl/α,β-unsaturated/α-hetero) is 2. The smallest absolute Gasteiger partial charge is 0.255 e. The SMILES string of the molecule is CN(C)[C@@H]1C(=O)C(C(N)=O)=C(O)[C@@]2(O)C(=O)C3=C(O)c4c(O)c(CN5CC=CCC5)cc(Cl)c4C[C@H]3C[C@@H]12. The van der Waals surface area contributed by atoms with Gasteiger partial charge in [-0.2, -0.15) is 0 Å². The third kappa shape index (κ3) is 3.70. The highest BCUT2D eigenvalue weighted by Gasteiger charge is 2.64. The van der Waals surface area contributed by atoms with Crippen LogP contribution in [0.25, 0.3) is 5.76 Å². The van der Waals surface area contributed by atoms with Gasteiger partial charge in [0.25, 0.3) is 5.91 Å². The minimum absolute atomic E-state index is 0.0105. The van der Waals surface area contributed by atoms with Gasteiger partial charge in [0.2, 0.25) is 5.78 Å². The predicted molar refractivity (Wildman–Crippen MR) is 138 cm³/mol. The number of aromatic hydroxyl groups is 1. The van der Waals surface area contributed by atoms with Crippen molar-refractivity contribution in [2.75, 3.05) is 27.2 Å². The molecule has 5 rings (SSSR count). The van der Waals surface area contributed by atoms with Gasteiger partial charge in [0, 0.05) is 41.7 Å². The molecule has 1 fully saturated rings. The van der Waals surface area contributed by atoms with Crippen LogP contribution in [0.4, 0.5) is 0 Å². The number of hydrogen-bond donors (Lipinski definition) is 5. The number of carbonyl (C=O) groups excluding carboxylic acids is 3. The molecule has 3 aliphatic carbocycles. The van der Waals surface area contributed by atoms with E-state index < -0.39 is 58.0 Å². The van der Waals surface area contributed by atoms with Crippen molar-refractivity contribution in [3.05, 3.63) is 56.8 Å². The Kier molecular flexibility index (Phi) is 6.42. The van der Waals surface area contributed by atoms with Crippen LogP contribution in [0, 0.1) is 11.8 Å². The third-order valence-electron chi connectivity index (χ3n) is 8.28. The van der Waals surface area contributed by atoms with Crippen molar-refractivity contribution < 1.29 is 34.8 Å². The van der Waals surface area contributed by atoms with E-state index in [4.69, 9.17) is 17.3 Å². The molecule has 4 atom stereocenters. The molecule has 1 heterocycles. The van der Waals surface area contributed by atoms with Crippen LogP contribution in [0.1, 0.15) is 29.5 Å². The van der Waals surface area contributed by atoms with Crippen LogP contribution in [-0.4, -0.2) is 86.5 Å². The van der Waals surface area contributed by atoms with Gasteiger partial charge in [0.05, 0.1) is 11.6 Å². The van der Waals surface area contributed by atoms with Crippen LogP contribution in [0.5, 0.6) is 5.75 Å². The Balaban J connectivity index is 1.66. The van der Waals surface area contributed by atoms with E-state index in [9.17, 15) is 34.8 Å². The number of hydrogen-bond acceptors (Lipinski definition) is 9. The van der Waals surface area contributed by atoms with Crippen molar-refractivity contribution in [1.82, 2.24) is 9.80 Å². The molecule has 38 heavy (non-hydrogen) atoms. The maximum atomic E-state index is 13.9. The van der Waals surface area contributed by atoms with Crippen molar-refractivity contribution in [3.63, 3.8) is 0 Å². The van der Waals surface area contributed by atoms with Crippen LogP contribution >= 0.6 is 11.6 Å². The van der Waals surface area contributed by atoms with Crippen molar-refractivity contribution >= 4 is 34.8 Å². The number of benzene rings is 1. The van der Waals surface area contributed by atoms with Crippen LogP contribution in [-0.2, 0) is 27.3 Å². The van der Waals surface area contributed by atoms with E-state index in [2.05, 4.69) is 11.0 Å². The molecule has 4 aliphatic rings. The van der Waals surface area contributed by atoms with E-state index in [1.54, 1.807) is 20.2 Å². The lowest BCUT2D eigenvalue weighted by Gasteiger charge is -2.50. The standard InChI is InChI=1S/C27H30ClN3O7/c1-30(2)20-15-9-12-8-14-16(28)10-13(11-31-6-4-3-5-7-31)21(32)18(14)22(33)17(12)24(35)27(15,38)25(36)19(23(20)34)26(29)37/h3-4,10,12,15,20,32-33,36,38H,5-9,11H2,1-2H3,(H2,29,37)/t12-,15-,20-,27-/m0/s1. The fourth-order valence-electron chi connectivity index (χ4n) is 6.51. The zero-order valence-corrected chi connectivity index (χ0v) is 21.8. The van der Waals surface area contributed by atoms with E-state index in [0.717, 1.165) is 13.0 Å². The number of amides is 1. The second-order valence-corrected chi connectivity index (χ2v) is 11.1. The molecular weight excluding hydrogens is 514 g/mol. The number of nitrogens with two attached hydrogens (primary N) is 1. The number of rotatable bonds is 4. The highest BCUT2D eigenvalue weighted by Crippen LogP contribution is 2.53. The van der Waals surface area contributed by atoms with Crippen molar-refractivity contribution in [3.8, 4) is 5.75 Å². The number of likely N-dealkylation sites (N-methyl/N-ethyl adjacent to an activating group) is 1. The van der Waals surface area contributed by atoms with E-state index in [1.165, 1.54) is 4.90 Å². The van der Waals surface area contributed by atoms with E-state index in [1.807, 2.05) is 6.08 Å². The quantitative estimate of drug-likeness (QED) is 0.278. The number of phenols is 1. The van der Waals surface area contributed by atoms with Gasteiger partial charge in [0.15, 0.2) is 11.4 Å². The molecule has 0 aromatic heterocycles. The third-order valence-corrected chi connectivity index (χ3v) is 8.62. The molecule has 1 aromatic rings. The summed E-state index contributed by atoms with van der Waals surface area (Å²) in [5.74, 6) is -6.75. The molecule has 1 aliphatic heterocycles. The number of phenolic OH excluding ortho intramolecular Hbond substituents is 1. The Morgan fingerprint density at radius 1 is 1.24 bits per heavy atom. The highest BCUT2D eigenvalue weighted by molar-refractivity contribution is 6.32. The van der Waals surface area contributed by atoms with E-state index >= 15 is 0 Å². The van der Waals surface area contributed by atoms with Gasteiger partial charge in [-0.3, -0.25) is 24.2 Å². The Morgan fingerprint density at radius 3 is 2.55 bits per heavy atom. The summed E-state index contributed by atoms with van der Waals surface area (Å²) in [5, 5.41) is 45.5. The van der Waals surface area contributed by atoms with Gasteiger partial charge in [0.1, 0.15) is 22.8 Å². The normalized spacial score (nSPS) is 29.4. The number of primary amides is 1. The molecule has 10 nitrogen and oxygen atoms in total. The van der Waals surface area contributed by atoms with Crippen molar-refractivity contribution in [1.29, 1.82) is 0 Å². The number of halogens is 1. The number of fused-ring (bicyclic) bond motifs is 3. The lowest BCUT2D eigenvalue weighted by atomic mass is 9.57. The maximum Gasteiger partial charge on any atom is 0.255 e. The van der Waals surface area contributed by atoms with Crippen molar-refractivity contribution in [2.45, 2.75) is 37.5 Å². The molecule has 202 valence electrons. The molecule has 0 saturated heterocycles. The van der Waals surface area contributed by atoms with Gasteiger partial charge < -0.3 is 26.2 Å². The predicted octanol–water partition coefficient (Wildman–Crippen LogP) is 1.38. The summed E-state index contributed by atoms with van der Waals surface area (Å²) in [5.41, 5.74) is 2.60. The van der Waals surface area contributed by atoms with Gasteiger partial charge >= 0.3 is 0 Å². The zero-order chi connectivity index (χ0) is 27.7. The second kappa shape index (κ2) is 9.23. The molecule has 0 spiro atoms. The van der Waals surface area contributed by atoms with Crippen LogP contribution in [0.2, 0.25) is 5.02 Å². The average Bonchev–Trinajstić information content (AvgIpc) is 2.84. The van der Waals surface area contributed by atoms with Gasteiger partial charge in [-0.25, -0.2) is 0 Å². The molecule has 1 amide bonds. The van der Waals surface area contributed by atoms with Gasteiger partial charge in [-0.1, -0.05) is 23.8 Å². The Morgan fingerprint density at radius 2 is 1.95 bits per heavy atom. The topological polar surface area (TPSA) is 165 Å². The number of carbonyl (C=O) groups is 3. The second-order valence-electron chi connectivity index (χ2n) is 10.7. The maximum absolute atomic E-state index is 13.9. The molecule has 1 aromatic carbocycles. The monoisotopic (exact) mass is 543 g/mol. The zero-order valence-electron chi connectivity index (χ0n) is 21.1. The molecule has 0 bridgehead atoms. The summed E-state index contributed by atoms with van der Waals surface area (Å²) >= 11 is 6.64. The number of ketones is 2. The van der Waals surface area contributed by atoms with Crippen LogP contribution < -0.4 is 5.73 Å².